The average molecular weight is 480 g/mol. The van der Waals surface area contributed by atoms with Crippen molar-refractivity contribution >= 4 is 11.8 Å². The summed E-state index contributed by atoms with van der Waals surface area (Å²) in [5.41, 5.74) is 0. The van der Waals surface area contributed by atoms with E-state index in [0.717, 1.165) is 0 Å². The lowest BCUT2D eigenvalue weighted by molar-refractivity contribution is -0.351. The van der Waals surface area contributed by atoms with Gasteiger partial charge in [-0.25, -0.2) is 0 Å². The first-order chi connectivity index (χ1) is 14.4. The highest BCUT2D eigenvalue weighted by atomic mass is 19.4. The van der Waals surface area contributed by atoms with Crippen molar-refractivity contribution in [2.75, 3.05) is 0 Å². The third kappa shape index (κ3) is 3.95. The van der Waals surface area contributed by atoms with Crippen molar-refractivity contribution in [3.8, 4) is 0 Å². The van der Waals surface area contributed by atoms with Crippen LogP contribution in [0, 0.1) is 0 Å². The van der Waals surface area contributed by atoms with Crippen LogP contribution in [0.4, 0.5) is 35.1 Å². The summed E-state index contributed by atoms with van der Waals surface area (Å²) in [5, 5.41) is 0. The van der Waals surface area contributed by atoms with Gasteiger partial charge in [-0.15, -0.1) is 0 Å². The highest BCUT2D eigenvalue weighted by molar-refractivity contribution is 5.88. The van der Waals surface area contributed by atoms with Crippen LogP contribution in [0.3, 0.4) is 0 Å². The van der Waals surface area contributed by atoms with Gasteiger partial charge in [0, 0.05) is 24.2 Å². The second-order valence-corrected chi connectivity index (χ2v) is 8.98. The van der Waals surface area contributed by atoms with Crippen molar-refractivity contribution in [3.63, 3.8) is 0 Å². The van der Waals surface area contributed by atoms with Crippen LogP contribution in [-0.4, -0.2) is 69.5 Å². The molecule has 2 aliphatic heterocycles. The van der Waals surface area contributed by atoms with Gasteiger partial charge >= 0.3 is 23.7 Å². The van der Waals surface area contributed by atoms with Crippen LogP contribution in [0.1, 0.15) is 66.2 Å². The maximum Gasteiger partial charge on any atom is 0.393 e. The Morgan fingerprint density at radius 3 is 1.00 bits per heavy atom. The molecule has 2 saturated heterocycles. The van der Waals surface area contributed by atoms with Gasteiger partial charge in [-0.05, 0) is 66.2 Å². The highest BCUT2D eigenvalue weighted by Crippen LogP contribution is 2.54. The average Bonchev–Trinajstić information content (AvgIpc) is 2.66. The Balaban J connectivity index is 2.42. The molecule has 2 aliphatic rings. The summed E-state index contributed by atoms with van der Waals surface area (Å²) >= 11 is 0. The number of amides is 2. The molecule has 4 nitrogen and oxygen atoms in total. The Labute approximate surface area is 181 Å². The quantitative estimate of drug-likeness (QED) is 0.514. The highest BCUT2D eigenvalue weighted by Gasteiger charge is 2.85. The molecule has 0 N–H and O–H groups in total. The third-order valence-electron chi connectivity index (χ3n) is 6.58. The number of carbonyl (C=O) groups is 2. The first kappa shape index (κ1) is 26.6. The minimum Gasteiger partial charge on any atom is -0.332 e. The van der Waals surface area contributed by atoms with Crippen molar-refractivity contribution in [2.24, 2.45) is 0 Å². The first-order valence-corrected chi connectivity index (χ1v) is 10.6. The molecule has 0 aromatic rings. The van der Waals surface area contributed by atoms with Crippen molar-refractivity contribution in [1.82, 2.24) is 9.80 Å². The number of alkyl halides is 8. The van der Waals surface area contributed by atoms with E-state index < -0.39 is 59.7 Å². The van der Waals surface area contributed by atoms with E-state index in [9.17, 15) is 44.7 Å². The molecule has 0 saturated carbocycles. The fourth-order valence-electron chi connectivity index (χ4n) is 4.63. The van der Waals surface area contributed by atoms with Gasteiger partial charge in [0.2, 0.25) is 0 Å². The Morgan fingerprint density at radius 1 is 0.562 bits per heavy atom. The Hall–Kier alpha value is -1.62. The number of hydrogen-bond donors (Lipinski definition) is 0. The molecule has 2 amide bonds. The molecular formula is C20H28F8N2O2. The number of nitrogens with zero attached hydrogens (tertiary/aromatic N) is 2. The normalized spacial score (nSPS) is 28.6. The fraction of sp³-hybridized carbons (Fsp3) is 0.900. The number of halogens is 8. The predicted octanol–water partition coefficient (Wildman–Crippen LogP) is 5.11. The van der Waals surface area contributed by atoms with Crippen molar-refractivity contribution in [3.05, 3.63) is 0 Å². The van der Waals surface area contributed by atoms with E-state index in [1.54, 1.807) is 0 Å². The van der Waals surface area contributed by atoms with Gasteiger partial charge in [-0.2, -0.15) is 35.1 Å². The number of hydrogen-bond acceptors (Lipinski definition) is 2. The van der Waals surface area contributed by atoms with Crippen LogP contribution in [0.15, 0.2) is 0 Å². The van der Waals surface area contributed by atoms with Gasteiger partial charge in [0.25, 0.3) is 11.8 Å². The summed E-state index contributed by atoms with van der Waals surface area (Å²) in [5.74, 6) is -31.3. The maximum absolute atomic E-state index is 14.5. The molecule has 12 heteroatoms. The molecule has 0 spiro atoms. The van der Waals surface area contributed by atoms with E-state index in [1.807, 2.05) is 0 Å². The zero-order valence-electron chi connectivity index (χ0n) is 18.3. The topological polar surface area (TPSA) is 40.6 Å². The Kier molecular flexibility index (Phi) is 7.18. The Morgan fingerprint density at radius 2 is 0.781 bits per heavy atom. The van der Waals surface area contributed by atoms with Crippen LogP contribution in [0.5, 0.6) is 0 Å². The van der Waals surface area contributed by atoms with Gasteiger partial charge in [0.15, 0.2) is 0 Å². The molecule has 2 heterocycles. The van der Waals surface area contributed by atoms with Gasteiger partial charge in [0.05, 0.1) is 0 Å². The minimum atomic E-state index is -6.82. The Bertz CT molecular complexity index is 650. The molecule has 0 unspecified atom stereocenters. The van der Waals surface area contributed by atoms with E-state index in [0.29, 0.717) is 22.6 Å². The van der Waals surface area contributed by atoms with E-state index in [-0.39, 0.29) is 25.7 Å². The van der Waals surface area contributed by atoms with E-state index in [1.165, 1.54) is 27.7 Å². The molecule has 2 fully saturated rings. The summed E-state index contributed by atoms with van der Waals surface area (Å²) in [4.78, 5) is 25.2. The molecule has 0 radical (unpaired) electrons. The lowest BCUT2D eigenvalue weighted by Gasteiger charge is -2.45. The minimum absolute atomic E-state index is 0.160. The van der Waals surface area contributed by atoms with Crippen molar-refractivity contribution in [1.29, 1.82) is 0 Å². The SMILES string of the molecule is C[C@@H]1CCC[C@@H](C)N1C(=O)C(F)(F)C(F)(F)C(F)(F)C(F)(F)C(=O)N1[C@@H](C)CCC[C@@H]1C. The molecule has 32 heavy (non-hydrogen) atoms. The third-order valence-corrected chi connectivity index (χ3v) is 6.58. The predicted molar refractivity (Wildman–Crippen MR) is 99.0 cm³/mol. The molecular weight excluding hydrogens is 452 g/mol. The zero-order chi connectivity index (χ0) is 24.9. The number of carbonyl (C=O) groups excluding carboxylic acids is 2. The fourth-order valence-corrected chi connectivity index (χ4v) is 4.63. The van der Waals surface area contributed by atoms with Gasteiger partial charge in [0.1, 0.15) is 0 Å². The molecule has 0 bridgehead atoms. The monoisotopic (exact) mass is 480 g/mol. The van der Waals surface area contributed by atoms with E-state index >= 15 is 0 Å². The van der Waals surface area contributed by atoms with Crippen LogP contribution >= 0.6 is 0 Å². The molecule has 186 valence electrons. The standard InChI is InChI=1S/C20H28F8N2O2/c1-11-7-5-8-12(2)29(11)15(31)17(21,22)19(25,26)20(27,28)18(23,24)16(32)30-13(3)9-6-10-14(30)4/h11-14H,5-10H2,1-4H3/t11-,12-,13+,14+. The number of rotatable bonds is 5. The van der Waals surface area contributed by atoms with Gasteiger partial charge < -0.3 is 9.80 Å². The van der Waals surface area contributed by atoms with Crippen LogP contribution in [0.2, 0.25) is 0 Å². The second-order valence-electron chi connectivity index (χ2n) is 8.98. The van der Waals surface area contributed by atoms with Crippen LogP contribution in [-0.2, 0) is 9.59 Å². The smallest absolute Gasteiger partial charge is 0.332 e. The largest absolute Gasteiger partial charge is 0.393 e. The molecule has 0 aromatic heterocycles. The van der Waals surface area contributed by atoms with E-state index in [2.05, 4.69) is 0 Å². The van der Waals surface area contributed by atoms with Crippen molar-refractivity contribution < 1.29 is 44.7 Å². The summed E-state index contributed by atoms with van der Waals surface area (Å²) in [7, 11) is 0. The lowest BCUT2D eigenvalue weighted by atomic mass is 9.91. The van der Waals surface area contributed by atoms with E-state index in [4.69, 9.17) is 0 Å². The summed E-state index contributed by atoms with van der Waals surface area (Å²) in [6, 6.07) is -3.89. The molecule has 0 aromatic carbocycles. The molecule has 2 rings (SSSR count). The van der Waals surface area contributed by atoms with Gasteiger partial charge in [-0.3, -0.25) is 9.59 Å². The van der Waals surface area contributed by atoms with Crippen LogP contribution in [0.25, 0.3) is 0 Å². The zero-order valence-corrected chi connectivity index (χ0v) is 18.3. The summed E-state index contributed by atoms with van der Waals surface area (Å²) in [6.07, 6.45) is 1.62. The van der Waals surface area contributed by atoms with Crippen molar-refractivity contribution in [2.45, 2.75) is 114 Å². The summed E-state index contributed by atoms with van der Waals surface area (Å²) < 4.78 is 116. The van der Waals surface area contributed by atoms with Crippen LogP contribution < -0.4 is 0 Å². The molecule has 0 aliphatic carbocycles. The van der Waals surface area contributed by atoms with Gasteiger partial charge in [-0.1, -0.05) is 0 Å². The second kappa shape index (κ2) is 8.62. The summed E-state index contributed by atoms with van der Waals surface area (Å²) in [6.45, 7) is 5.10. The number of likely N-dealkylation sites (tertiary alicyclic amines) is 2. The maximum atomic E-state index is 14.5. The molecule has 4 atom stereocenters. The first-order valence-electron chi connectivity index (χ1n) is 10.6. The lowest BCUT2D eigenvalue weighted by Crippen LogP contribution is -2.71. The number of piperidine rings is 2.